The van der Waals surface area contributed by atoms with Crippen molar-refractivity contribution >= 4 is 17.4 Å². The SMILES string of the molecule is Cc1cnc([C@H](NC(=O)N2C[C@H]3CCC[C@H]3C2)C2CC2)s1. The zero-order valence-electron chi connectivity index (χ0n) is 12.5. The van der Waals surface area contributed by atoms with Crippen molar-refractivity contribution in [2.75, 3.05) is 13.1 Å². The third-order valence-corrected chi connectivity index (χ3v) is 6.29. The maximum Gasteiger partial charge on any atom is 0.317 e. The number of rotatable bonds is 3. The molecule has 0 bridgehead atoms. The fourth-order valence-electron chi connectivity index (χ4n) is 3.95. The van der Waals surface area contributed by atoms with E-state index in [1.165, 1.54) is 37.0 Å². The topological polar surface area (TPSA) is 45.2 Å². The number of amides is 2. The first kappa shape index (κ1) is 13.6. The Kier molecular flexibility index (Phi) is 3.40. The molecule has 2 heterocycles. The molecule has 1 aliphatic heterocycles. The molecule has 3 atom stereocenters. The molecule has 0 radical (unpaired) electrons. The summed E-state index contributed by atoms with van der Waals surface area (Å²) in [5.41, 5.74) is 0. The molecule has 1 aromatic heterocycles. The molecule has 2 aliphatic carbocycles. The summed E-state index contributed by atoms with van der Waals surface area (Å²) in [6.45, 7) is 4.00. The van der Waals surface area contributed by atoms with Crippen molar-refractivity contribution in [1.82, 2.24) is 15.2 Å². The number of carbonyl (C=O) groups excluding carboxylic acids is 1. The molecule has 0 unspecified atom stereocenters. The Balaban J connectivity index is 1.42. The van der Waals surface area contributed by atoms with E-state index in [0.717, 1.165) is 29.9 Å². The summed E-state index contributed by atoms with van der Waals surface area (Å²) in [6.07, 6.45) is 8.33. The number of aryl methyl sites for hydroxylation is 1. The van der Waals surface area contributed by atoms with Crippen LogP contribution >= 0.6 is 11.3 Å². The zero-order valence-corrected chi connectivity index (χ0v) is 13.4. The van der Waals surface area contributed by atoms with Crippen LogP contribution in [0.25, 0.3) is 0 Å². The van der Waals surface area contributed by atoms with Gasteiger partial charge in [-0.3, -0.25) is 0 Å². The summed E-state index contributed by atoms with van der Waals surface area (Å²) in [5.74, 6) is 2.12. The molecule has 4 nitrogen and oxygen atoms in total. The summed E-state index contributed by atoms with van der Waals surface area (Å²) in [5, 5.41) is 4.36. The minimum absolute atomic E-state index is 0.133. The van der Waals surface area contributed by atoms with Crippen LogP contribution in [0.4, 0.5) is 4.79 Å². The van der Waals surface area contributed by atoms with Gasteiger partial charge in [-0.1, -0.05) is 6.42 Å². The van der Waals surface area contributed by atoms with E-state index in [9.17, 15) is 4.79 Å². The van der Waals surface area contributed by atoms with Crippen LogP contribution < -0.4 is 5.32 Å². The molecule has 1 N–H and O–H groups in total. The molecule has 1 saturated heterocycles. The summed E-state index contributed by atoms with van der Waals surface area (Å²) in [6, 6.07) is 0.269. The van der Waals surface area contributed by atoms with Crippen LogP contribution in [0.2, 0.25) is 0 Å². The summed E-state index contributed by atoms with van der Waals surface area (Å²) < 4.78 is 0. The second-order valence-electron chi connectivity index (χ2n) is 6.93. The average molecular weight is 305 g/mol. The zero-order chi connectivity index (χ0) is 14.4. The summed E-state index contributed by atoms with van der Waals surface area (Å²) in [7, 11) is 0. The number of nitrogens with one attached hydrogen (secondary N) is 1. The highest BCUT2D eigenvalue weighted by Gasteiger charge is 2.40. The number of likely N-dealkylation sites (tertiary alicyclic amines) is 1. The average Bonchev–Trinajstić information content (AvgIpc) is 2.85. The van der Waals surface area contributed by atoms with Crippen LogP contribution in [-0.4, -0.2) is 29.0 Å². The Morgan fingerprint density at radius 2 is 2.05 bits per heavy atom. The number of aromatic nitrogens is 1. The van der Waals surface area contributed by atoms with E-state index >= 15 is 0 Å². The fraction of sp³-hybridized carbons (Fsp3) is 0.750. The highest BCUT2D eigenvalue weighted by atomic mass is 32.1. The third kappa shape index (κ3) is 2.68. The van der Waals surface area contributed by atoms with Crippen LogP contribution in [-0.2, 0) is 0 Å². The minimum Gasteiger partial charge on any atom is -0.328 e. The lowest BCUT2D eigenvalue weighted by molar-refractivity contribution is 0.199. The Morgan fingerprint density at radius 3 is 2.62 bits per heavy atom. The maximum absolute atomic E-state index is 12.6. The first-order valence-corrected chi connectivity index (χ1v) is 9.00. The monoisotopic (exact) mass is 305 g/mol. The van der Waals surface area contributed by atoms with E-state index in [1.54, 1.807) is 11.3 Å². The Bertz CT molecular complexity index is 527. The van der Waals surface area contributed by atoms with Gasteiger partial charge in [0, 0.05) is 24.2 Å². The molecule has 0 aromatic carbocycles. The Morgan fingerprint density at radius 1 is 1.33 bits per heavy atom. The predicted molar refractivity (Wildman–Crippen MR) is 83.3 cm³/mol. The van der Waals surface area contributed by atoms with E-state index in [0.29, 0.717) is 5.92 Å². The van der Waals surface area contributed by atoms with E-state index in [-0.39, 0.29) is 12.1 Å². The molecule has 3 aliphatic rings. The number of hydrogen-bond donors (Lipinski definition) is 1. The van der Waals surface area contributed by atoms with Crippen molar-refractivity contribution in [3.8, 4) is 0 Å². The van der Waals surface area contributed by atoms with Crippen molar-refractivity contribution in [3.63, 3.8) is 0 Å². The quantitative estimate of drug-likeness (QED) is 0.931. The molecular formula is C16H23N3OS. The lowest BCUT2D eigenvalue weighted by Gasteiger charge is -2.22. The van der Waals surface area contributed by atoms with E-state index in [1.807, 2.05) is 11.1 Å². The van der Waals surface area contributed by atoms with Gasteiger partial charge >= 0.3 is 6.03 Å². The third-order valence-electron chi connectivity index (χ3n) is 5.29. The van der Waals surface area contributed by atoms with Crippen molar-refractivity contribution in [2.24, 2.45) is 17.8 Å². The number of thiazole rings is 1. The molecule has 114 valence electrons. The van der Waals surface area contributed by atoms with Crippen LogP contribution in [0, 0.1) is 24.7 Å². The minimum atomic E-state index is 0.133. The number of hydrogen-bond acceptors (Lipinski definition) is 3. The second kappa shape index (κ2) is 5.27. The standard InChI is InChI=1S/C16H23N3OS/c1-10-7-17-15(21-10)14(11-5-6-11)18-16(20)19-8-12-3-2-4-13(12)9-19/h7,11-14H,2-6,8-9H2,1H3,(H,18,20)/t12-,13+,14-/m1/s1. The van der Waals surface area contributed by atoms with Crippen LogP contribution in [0.3, 0.4) is 0 Å². The van der Waals surface area contributed by atoms with Gasteiger partial charge in [0.15, 0.2) is 0 Å². The molecule has 0 spiro atoms. The van der Waals surface area contributed by atoms with Gasteiger partial charge in [0.1, 0.15) is 5.01 Å². The number of fused-ring (bicyclic) bond motifs is 1. The van der Waals surface area contributed by atoms with Gasteiger partial charge in [-0.05, 0) is 50.4 Å². The van der Waals surface area contributed by atoms with Crippen LogP contribution in [0.5, 0.6) is 0 Å². The van der Waals surface area contributed by atoms with E-state index in [4.69, 9.17) is 0 Å². The smallest absolute Gasteiger partial charge is 0.317 e. The van der Waals surface area contributed by atoms with Crippen LogP contribution in [0.15, 0.2) is 6.20 Å². The van der Waals surface area contributed by atoms with Gasteiger partial charge in [-0.2, -0.15) is 0 Å². The molecule has 2 saturated carbocycles. The maximum atomic E-state index is 12.6. The van der Waals surface area contributed by atoms with E-state index in [2.05, 4.69) is 17.2 Å². The van der Waals surface area contributed by atoms with Crippen molar-refractivity contribution in [2.45, 2.75) is 45.1 Å². The molecule has 4 rings (SSSR count). The molecule has 21 heavy (non-hydrogen) atoms. The van der Waals surface area contributed by atoms with Gasteiger partial charge < -0.3 is 10.2 Å². The second-order valence-corrected chi connectivity index (χ2v) is 8.20. The lowest BCUT2D eigenvalue weighted by Crippen LogP contribution is -2.41. The number of nitrogens with zero attached hydrogens (tertiary/aromatic N) is 2. The Hall–Kier alpha value is -1.10. The molecule has 1 aromatic rings. The molecular weight excluding hydrogens is 282 g/mol. The van der Waals surface area contributed by atoms with Crippen molar-refractivity contribution in [1.29, 1.82) is 0 Å². The predicted octanol–water partition coefficient (Wildman–Crippen LogP) is 3.34. The highest BCUT2D eigenvalue weighted by Crippen LogP contribution is 2.43. The Labute approximate surface area is 129 Å². The first-order chi connectivity index (χ1) is 10.2. The number of carbonyl (C=O) groups is 1. The van der Waals surface area contributed by atoms with Gasteiger partial charge in [0.2, 0.25) is 0 Å². The fourth-order valence-corrected chi connectivity index (χ4v) is 4.87. The van der Waals surface area contributed by atoms with Gasteiger partial charge in [0.05, 0.1) is 6.04 Å². The molecule has 5 heteroatoms. The molecule has 3 fully saturated rings. The molecule has 2 amide bonds. The van der Waals surface area contributed by atoms with Gasteiger partial charge in [0.25, 0.3) is 0 Å². The van der Waals surface area contributed by atoms with E-state index < -0.39 is 0 Å². The van der Waals surface area contributed by atoms with Crippen molar-refractivity contribution < 1.29 is 4.79 Å². The number of urea groups is 1. The first-order valence-electron chi connectivity index (χ1n) is 8.18. The lowest BCUT2D eigenvalue weighted by atomic mass is 10.0. The normalized spacial score (nSPS) is 29.5. The van der Waals surface area contributed by atoms with Crippen molar-refractivity contribution in [3.05, 3.63) is 16.1 Å². The summed E-state index contributed by atoms with van der Waals surface area (Å²) >= 11 is 1.72. The largest absolute Gasteiger partial charge is 0.328 e. The van der Waals surface area contributed by atoms with Gasteiger partial charge in [-0.15, -0.1) is 11.3 Å². The van der Waals surface area contributed by atoms with Gasteiger partial charge in [-0.25, -0.2) is 9.78 Å². The highest BCUT2D eigenvalue weighted by molar-refractivity contribution is 7.11. The summed E-state index contributed by atoms with van der Waals surface area (Å²) in [4.78, 5) is 20.4. The van der Waals surface area contributed by atoms with Crippen LogP contribution in [0.1, 0.15) is 48.0 Å².